The number of nitrogens with zero attached hydrogens (tertiary/aromatic N) is 3. The number of halogens is 4. The maximum Gasteiger partial charge on any atom is 0.416 e. The van der Waals surface area contributed by atoms with Crippen LogP contribution in [0.3, 0.4) is 0 Å². The van der Waals surface area contributed by atoms with E-state index >= 15 is 0 Å². The summed E-state index contributed by atoms with van der Waals surface area (Å²) < 4.78 is 52.8. The number of carbonyl (C=O) groups is 4. The van der Waals surface area contributed by atoms with Gasteiger partial charge in [-0.05, 0) is 62.2 Å². The molecule has 2 fully saturated rings. The minimum atomic E-state index is -4.77. The molecule has 1 spiro atoms. The third-order valence-corrected chi connectivity index (χ3v) is 7.89. The minimum Gasteiger partial charge on any atom is -0.478 e. The van der Waals surface area contributed by atoms with Crippen LogP contribution in [0.4, 0.5) is 23.2 Å². The molecule has 0 saturated carbocycles. The number of unbranched alkanes of at least 4 members (excludes halogenated alkanes) is 1. The molecule has 0 bridgehead atoms. The molecule has 2 aromatic carbocycles. The van der Waals surface area contributed by atoms with Gasteiger partial charge in [-0.15, -0.1) is 0 Å². The molecule has 0 radical (unpaired) electrons. The van der Waals surface area contributed by atoms with Gasteiger partial charge in [0, 0.05) is 25.8 Å². The summed E-state index contributed by atoms with van der Waals surface area (Å²) >= 11 is 0. The van der Waals surface area contributed by atoms with Gasteiger partial charge in [0.25, 0.3) is 5.91 Å². The van der Waals surface area contributed by atoms with Gasteiger partial charge in [-0.25, -0.2) is 9.18 Å². The first-order valence-corrected chi connectivity index (χ1v) is 14.0. The van der Waals surface area contributed by atoms with Gasteiger partial charge < -0.3 is 25.1 Å². The van der Waals surface area contributed by atoms with Gasteiger partial charge in [0.05, 0.1) is 23.2 Å². The lowest BCUT2D eigenvalue weighted by molar-refractivity contribution is -0.137. The van der Waals surface area contributed by atoms with Crippen LogP contribution in [0.5, 0.6) is 0 Å². The maximum absolute atomic E-state index is 14.0. The van der Waals surface area contributed by atoms with Gasteiger partial charge in [-0.3, -0.25) is 14.4 Å². The van der Waals surface area contributed by atoms with E-state index in [1.807, 2.05) is 11.8 Å². The first-order chi connectivity index (χ1) is 20.2. The summed E-state index contributed by atoms with van der Waals surface area (Å²) in [5.74, 6) is -4.05. The first-order valence-electron chi connectivity index (χ1n) is 14.0. The van der Waals surface area contributed by atoms with Crippen LogP contribution in [-0.4, -0.2) is 77.0 Å². The molecule has 2 aliphatic rings. The van der Waals surface area contributed by atoms with E-state index in [1.165, 1.54) is 29.9 Å². The van der Waals surface area contributed by atoms with Crippen molar-refractivity contribution < 1.29 is 41.8 Å². The predicted octanol–water partition coefficient (Wildman–Crippen LogP) is 4.76. The van der Waals surface area contributed by atoms with Crippen molar-refractivity contribution in [3.05, 3.63) is 65.0 Å². The zero-order valence-corrected chi connectivity index (χ0v) is 24.5. The normalized spacial score (nSPS) is 17.9. The van der Waals surface area contributed by atoms with Gasteiger partial charge in [0.2, 0.25) is 11.8 Å². The summed E-state index contributed by atoms with van der Waals surface area (Å²) in [7, 11) is 1.67. The van der Waals surface area contributed by atoms with Crippen LogP contribution in [0.2, 0.25) is 0 Å². The molecule has 2 saturated heterocycles. The number of anilines is 1. The number of carboxylic acids is 1. The molecule has 0 aliphatic carbocycles. The number of aromatic carboxylic acids is 1. The smallest absolute Gasteiger partial charge is 0.416 e. The number of hydrogen-bond donors (Lipinski definition) is 2. The molecule has 2 N–H and O–H groups in total. The van der Waals surface area contributed by atoms with E-state index in [-0.39, 0.29) is 43.6 Å². The second-order valence-corrected chi connectivity index (χ2v) is 10.6. The number of carbonyl (C=O) groups excluding carboxylic acids is 3. The highest BCUT2D eigenvalue weighted by Crippen LogP contribution is 2.42. The summed E-state index contributed by atoms with van der Waals surface area (Å²) in [5.41, 5.74) is -2.23. The van der Waals surface area contributed by atoms with Crippen molar-refractivity contribution in [1.82, 2.24) is 15.1 Å². The summed E-state index contributed by atoms with van der Waals surface area (Å²) in [6.07, 6.45) is -1.96. The Labute approximate surface area is 247 Å². The Morgan fingerprint density at radius 2 is 1.60 bits per heavy atom. The summed E-state index contributed by atoms with van der Waals surface area (Å²) in [4.78, 5) is 54.6. The maximum atomic E-state index is 14.0. The van der Waals surface area contributed by atoms with Gasteiger partial charge in [0.1, 0.15) is 17.5 Å². The molecule has 0 aromatic heterocycles. The standard InChI is InChI=1S/C26H26F4N4O5.C4H10/c1-15-32(2)24(39)25(34(15)18-6-3-16(4-7-18)23(37)38)9-11-33(12-10-25)21(35)14-31-22(36)19-13-17(26(28,29)30)5-8-20(19)27;1-3-4-2/h3-8,13,15H,9-12,14H2,1-2H3,(H,31,36)(H,37,38);3-4H2,1-2H3/t15-;/m1./s1. The number of likely N-dealkylation sites (tertiary alicyclic amines) is 1. The number of alkyl halides is 3. The van der Waals surface area contributed by atoms with Crippen molar-refractivity contribution in [1.29, 1.82) is 0 Å². The lowest BCUT2D eigenvalue weighted by Gasteiger charge is -2.44. The van der Waals surface area contributed by atoms with E-state index in [0.29, 0.717) is 23.9 Å². The van der Waals surface area contributed by atoms with Crippen LogP contribution in [0.15, 0.2) is 42.5 Å². The number of hydrogen-bond acceptors (Lipinski definition) is 5. The van der Waals surface area contributed by atoms with E-state index in [0.717, 1.165) is 0 Å². The molecule has 234 valence electrons. The zero-order chi connectivity index (χ0) is 32.1. The lowest BCUT2D eigenvalue weighted by atomic mass is 9.85. The highest BCUT2D eigenvalue weighted by Gasteiger charge is 2.56. The number of piperidine rings is 1. The fourth-order valence-corrected chi connectivity index (χ4v) is 5.18. The number of amides is 3. The Kier molecular flexibility index (Phi) is 10.4. The monoisotopic (exact) mass is 608 g/mol. The Bertz CT molecular complexity index is 1340. The fraction of sp³-hybridized carbons (Fsp3) is 0.467. The number of carboxylic acid groups (broad SMARTS) is 1. The second-order valence-electron chi connectivity index (χ2n) is 10.6. The van der Waals surface area contributed by atoms with Crippen molar-refractivity contribution in [2.75, 3.05) is 31.6 Å². The SMILES string of the molecule is CCCC.C[C@@H]1N(C)C(=O)C2(CCN(C(=O)CNC(=O)c3cc(C(F)(F)F)ccc3F)CC2)N1c1ccc(C(=O)O)cc1. The molecule has 13 heteroatoms. The van der Waals surface area contributed by atoms with Crippen LogP contribution < -0.4 is 10.2 Å². The van der Waals surface area contributed by atoms with Gasteiger partial charge in [0.15, 0.2) is 0 Å². The third-order valence-electron chi connectivity index (χ3n) is 7.89. The minimum absolute atomic E-state index is 0.104. The zero-order valence-electron chi connectivity index (χ0n) is 24.5. The summed E-state index contributed by atoms with van der Waals surface area (Å²) in [6, 6.07) is 7.63. The molecule has 0 unspecified atom stereocenters. The molecule has 9 nitrogen and oxygen atoms in total. The van der Waals surface area contributed by atoms with Crippen molar-refractivity contribution in [3.63, 3.8) is 0 Å². The molecule has 2 aliphatic heterocycles. The molecular formula is C30H36F4N4O5. The molecular weight excluding hydrogens is 572 g/mol. The van der Waals surface area contributed by atoms with Crippen LogP contribution in [0.25, 0.3) is 0 Å². The first kappa shape index (κ1) is 33.3. The number of benzene rings is 2. The Hall–Kier alpha value is -4.16. The Balaban J connectivity index is 0.00000119. The van der Waals surface area contributed by atoms with Gasteiger partial charge in [-0.1, -0.05) is 26.7 Å². The molecule has 2 aromatic rings. The number of likely N-dealkylation sites (N-methyl/N-ethyl adjacent to an activating group) is 1. The van der Waals surface area contributed by atoms with Gasteiger partial charge >= 0.3 is 12.1 Å². The number of rotatable bonds is 6. The van der Waals surface area contributed by atoms with Crippen molar-refractivity contribution in [2.45, 2.75) is 64.3 Å². The quantitative estimate of drug-likeness (QED) is 0.458. The lowest BCUT2D eigenvalue weighted by Crippen LogP contribution is -2.58. The summed E-state index contributed by atoms with van der Waals surface area (Å²) in [6.45, 7) is 5.95. The second kappa shape index (κ2) is 13.4. The topological polar surface area (TPSA) is 110 Å². The van der Waals surface area contributed by atoms with Crippen molar-refractivity contribution in [3.8, 4) is 0 Å². The highest BCUT2D eigenvalue weighted by atomic mass is 19.4. The highest BCUT2D eigenvalue weighted by molar-refractivity contribution is 5.97. The summed E-state index contributed by atoms with van der Waals surface area (Å²) in [5, 5.41) is 11.4. The van der Waals surface area contributed by atoms with E-state index in [9.17, 15) is 41.8 Å². The molecule has 1 atom stereocenters. The molecule has 43 heavy (non-hydrogen) atoms. The van der Waals surface area contributed by atoms with E-state index in [4.69, 9.17) is 0 Å². The predicted molar refractivity (Wildman–Crippen MR) is 151 cm³/mol. The Morgan fingerprint density at radius 3 is 2.12 bits per heavy atom. The molecule has 4 rings (SSSR count). The fourth-order valence-electron chi connectivity index (χ4n) is 5.18. The average Bonchev–Trinajstić information content (AvgIpc) is 3.16. The third kappa shape index (κ3) is 7.08. The van der Waals surface area contributed by atoms with Crippen LogP contribution in [0.1, 0.15) is 72.7 Å². The molecule has 3 amide bonds. The van der Waals surface area contributed by atoms with Crippen LogP contribution in [-0.2, 0) is 15.8 Å². The van der Waals surface area contributed by atoms with Crippen molar-refractivity contribution in [2.24, 2.45) is 0 Å². The molecule has 2 heterocycles. The number of nitrogens with one attached hydrogen (secondary N) is 1. The van der Waals surface area contributed by atoms with Crippen LogP contribution in [0, 0.1) is 5.82 Å². The Morgan fingerprint density at radius 1 is 1.02 bits per heavy atom. The van der Waals surface area contributed by atoms with E-state index in [1.54, 1.807) is 24.1 Å². The van der Waals surface area contributed by atoms with Crippen LogP contribution >= 0.6 is 0 Å². The van der Waals surface area contributed by atoms with Gasteiger partial charge in [-0.2, -0.15) is 13.2 Å². The average molecular weight is 609 g/mol. The van der Waals surface area contributed by atoms with E-state index in [2.05, 4.69) is 19.2 Å². The van der Waals surface area contributed by atoms with E-state index < -0.39 is 53.0 Å². The van der Waals surface area contributed by atoms with Crippen molar-refractivity contribution >= 4 is 29.4 Å². The largest absolute Gasteiger partial charge is 0.478 e.